The zero-order valence-electron chi connectivity index (χ0n) is 16.6. The average Bonchev–Trinajstić information content (AvgIpc) is 3.13. The third-order valence-corrected chi connectivity index (χ3v) is 5.52. The van der Waals surface area contributed by atoms with Crippen LogP contribution in [0.3, 0.4) is 0 Å². The molecule has 2 heterocycles. The van der Waals surface area contributed by atoms with Crippen LogP contribution in [0.1, 0.15) is 43.4 Å². The second-order valence-corrected chi connectivity index (χ2v) is 7.57. The van der Waals surface area contributed by atoms with Crippen molar-refractivity contribution in [2.24, 2.45) is 0 Å². The van der Waals surface area contributed by atoms with Crippen LogP contribution in [-0.2, 0) is 4.79 Å². The Morgan fingerprint density at radius 1 is 1.17 bits per heavy atom. The molecule has 1 N–H and O–H groups in total. The number of benzene rings is 1. The van der Waals surface area contributed by atoms with Gasteiger partial charge in [-0.05, 0) is 37.5 Å². The molecular weight excluding hydrogens is 360 g/mol. The molecule has 1 aliphatic carbocycles. The number of fused-ring (bicyclic) bond motifs is 1. The van der Waals surface area contributed by atoms with Gasteiger partial charge in [0.25, 0.3) is 5.91 Å². The predicted octanol–water partition coefficient (Wildman–Crippen LogP) is 4.67. The van der Waals surface area contributed by atoms with Gasteiger partial charge in [0, 0.05) is 17.8 Å². The fraction of sp³-hybridized carbons (Fsp3) is 0.292. The molecule has 4 rings (SSSR count). The number of amides is 1. The minimum absolute atomic E-state index is 0.107. The summed E-state index contributed by atoms with van der Waals surface area (Å²) < 4.78 is 1.95. The number of aromatic nitrogens is 2. The topological polar surface area (TPSA) is 70.2 Å². The first-order valence-corrected chi connectivity index (χ1v) is 10.1. The minimum atomic E-state index is -0.305. The summed E-state index contributed by atoms with van der Waals surface area (Å²) in [4.78, 5) is 17.6. The summed E-state index contributed by atoms with van der Waals surface area (Å²) in [6, 6.07) is 16.1. The van der Waals surface area contributed by atoms with Crippen LogP contribution < -0.4 is 5.32 Å². The van der Waals surface area contributed by atoms with Crippen molar-refractivity contribution in [2.75, 3.05) is 0 Å². The van der Waals surface area contributed by atoms with Gasteiger partial charge < -0.3 is 5.32 Å². The number of pyridine rings is 1. The van der Waals surface area contributed by atoms with E-state index in [0.717, 1.165) is 53.8 Å². The summed E-state index contributed by atoms with van der Waals surface area (Å²) in [7, 11) is 0. The molecule has 0 atom stereocenters. The fourth-order valence-electron chi connectivity index (χ4n) is 3.96. The lowest BCUT2D eigenvalue weighted by molar-refractivity contribution is -0.117. The number of nitriles is 1. The Hall–Kier alpha value is -3.39. The molecule has 5 nitrogen and oxygen atoms in total. The van der Waals surface area contributed by atoms with Crippen molar-refractivity contribution in [1.82, 2.24) is 14.7 Å². The smallest absolute Gasteiger partial charge is 0.262 e. The molecule has 1 aromatic carbocycles. The molecule has 146 valence electrons. The van der Waals surface area contributed by atoms with Gasteiger partial charge in [-0.25, -0.2) is 4.98 Å². The van der Waals surface area contributed by atoms with Gasteiger partial charge >= 0.3 is 0 Å². The normalized spacial score (nSPS) is 15.2. The maximum Gasteiger partial charge on any atom is 0.262 e. The number of carbonyl (C=O) groups excluding carboxylic acids is 1. The van der Waals surface area contributed by atoms with Crippen LogP contribution in [0.4, 0.5) is 0 Å². The molecule has 1 fully saturated rings. The van der Waals surface area contributed by atoms with Gasteiger partial charge in [0.1, 0.15) is 17.3 Å². The van der Waals surface area contributed by atoms with Gasteiger partial charge in [-0.2, -0.15) is 5.26 Å². The molecular formula is C24H24N4O. The van der Waals surface area contributed by atoms with E-state index in [1.807, 2.05) is 60.0 Å². The maximum atomic E-state index is 12.8. The van der Waals surface area contributed by atoms with Crippen molar-refractivity contribution in [3.05, 3.63) is 65.5 Å². The molecule has 3 aromatic rings. The highest BCUT2D eigenvalue weighted by Gasteiger charge is 2.20. The van der Waals surface area contributed by atoms with Crippen molar-refractivity contribution in [2.45, 2.75) is 45.1 Å². The Morgan fingerprint density at radius 2 is 1.93 bits per heavy atom. The summed E-state index contributed by atoms with van der Waals surface area (Å²) in [5.74, 6) is -0.305. The molecule has 0 saturated heterocycles. The molecule has 0 radical (unpaired) electrons. The van der Waals surface area contributed by atoms with Gasteiger partial charge in [0.15, 0.2) is 0 Å². The van der Waals surface area contributed by atoms with E-state index in [-0.39, 0.29) is 17.5 Å². The maximum absolute atomic E-state index is 12.8. The molecule has 0 spiro atoms. The molecule has 5 heteroatoms. The molecule has 0 unspecified atom stereocenters. The Morgan fingerprint density at radius 3 is 2.66 bits per heavy atom. The predicted molar refractivity (Wildman–Crippen MR) is 114 cm³/mol. The number of nitrogens with zero attached hydrogens (tertiary/aromatic N) is 3. The number of nitrogens with one attached hydrogen (secondary N) is 1. The first-order chi connectivity index (χ1) is 14.2. The molecule has 0 bridgehead atoms. The number of hydrogen-bond acceptors (Lipinski definition) is 3. The van der Waals surface area contributed by atoms with E-state index in [2.05, 4.69) is 11.4 Å². The van der Waals surface area contributed by atoms with E-state index in [1.165, 1.54) is 6.42 Å². The number of carbonyl (C=O) groups is 1. The van der Waals surface area contributed by atoms with Crippen molar-refractivity contribution in [1.29, 1.82) is 5.26 Å². The molecule has 1 aliphatic rings. The van der Waals surface area contributed by atoms with Crippen molar-refractivity contribution in [3.63, 3.8) is 0 Å². The molecule has 1 amide bonds. The summed E-state index contributed by atoms with van der Waals surface area (Å²) >= 11 is 0. The minimum Gasteiger partial charge on any atom is -0.349 e. The number of imidazole rings is 1. The van der Waals surface area contributed by atoms with Crippen molar-refractivity contribution >= 4 is 17.6 Å². The number of aryl methyl sites for hydroxylation is 1. The molecule has 29 heavy (non-hydrogen) atoms. The Labute approximate surface area is 170 Å². The second kappa shape index (κ2) is 8.32. The summed E-state index contributed by atoms with van der Waals surface area (Å²) in [6.07, 6.45) is 9.02. The van der Waals surface area contributed by atoms with Crippen molar-refractivity contribution in [3.8, 4) is 17.3 Å². The van der Waals surface area contributed by atoms with Gasteiger partial charge in [-0.1, -0.05) is 55.7 Å². The second-order valence-electron chi connectivity index (χ2n) is 7.57. The van der Waals surface area contributed by atoms with E-state index in [0.29, 0.717) is 0 Å². The van der Waals surface area contributed by atoms with Crippen molar-refractivity contribution < 1.29 is 4.79 Å². The molecule has 1 saturated carbocycles. The molecule has 0 aliphatic heterocycles. The Balaban J connectivity index is 1.78. The zero-order valence-corrected chi connectivity index (χ0v) is 16.6. The summed E-state index contributed by atoms with van der Waals surface area (Å²) in [6.45, 7) is 2.01. The standard InChI is InChI=1S/C24H24N4O/c1-17-9-8-14-28-21(22(27-23(17)28)18-10-4-2-5-11-18)15-19(16-25)24(29)26-20-12-6-3-7-13-20/h2,4-5,8-11,14-15,20H,3,6-7,12-13H2,1H3,(H,26,29)/b19-15-. The molecule has 2 aromatic heterocycles. The largest absolute Gasteiger partial charge is 0.349 e. The lowest BCUT2D eigenvalue weighted by Crippen LogP contribution is -2.36. The average molecular weight is 384 g/mol. The van der Waals surface area contributed by atoms with Crippen LogP contribution in [0.15, 0.2) is 54.2 Å². The Bertz CT molecular complexity index is 1100. The third kappa shape index (κ3) is 3.93. The zero-order chi connectivity index (χ0) is 20.2. The van der Waals surface area contributed by atoms with E-state index in [4.69, 9.17) is 4.98 Å². The monoisotopic (exact) mass is 384 g/mol. The van der Waals surface area contributed by atoms with Gasteiger partial charge in [-0.15, -0.1) is 0 Å². The first-order valence-electron chi connectivity index (χ1n) is 10.1. The third-order valence-electron chi connectivity index (χ3n) is 5.52. The van der Waals surface area contributed by atoms with Crippen LogP contribution in [0.2, 0.25) is 0 Å². The van der Waals surface area contributed by atoms with Crippen LogP contribution in [0.5, 0.6) is 0 Å². The van der Waals surface area contributed by atoms with Gasteiger partial charge in [-0.3, -0.25) is 9.20 Å². The first kappa shape index (κ1) is 18.9. The lowest BCUT2D eigenvalue weighted by atomic mass is 9.95. The van der Waals surface area contributed by atoms with Gasteiger partial charge in [0.05, 0.1) is 11.4 Å². The number of rotatable bonds is 4. The van der Waals surface area contributed by atoms with E-state index < -0.39 is 0 Å². The summed E-state index contributed by atoms with van der Waals surface area (Å²) in [5.41, 5.74) is 4.42. The van der Waals surface area contributed by atoms with Crippen LogP contribution in [0.25, 0.3) is 23.0 Å². The fourth-order valence-corrected chi connectivity index (χ4v) is 3.96. The lowest BCUT2D eigenvalue weighted by Gasteiger charge is -2.22. The van der Waals surface area contributed by atoms with Gasteiger partial charge in [0.2, 0.25) is 0 Å². The van der Waals surface area contributed by atoms with E-state index >= 15 is 0 Å². The van der Waals surface area contributed by atoms with Crippen LogP contribution in [0, 0.1) is 18.3 Å². The summed E-state index contributed by atoms with van der Waals surface area (Å²) in [5, 5.41) is 12.7. The van der Waals surface area contributed by atoms with E-state index in [9.17, 15) is 10.1 Å². The quantitative estimate of drug-likeness (QED) is 0.525. The highest BCUT2D eigenvalue weighted by atomic mass is 16.1. The van der Waals surface area contributed by atoms with Crippen LogP contribution in [-0.4, -0.2) is 21.3 Å². The highest BCUT2D eigenvalue weighted by Crippen LogP contribution is 2.27. The number of hydrogen-bond donors (Lipinski definition) is 1. The van der Waals surface area contributed by atoms with E-state index in [1.54, 1.807) is 6.08 Å². The SMILES string of the molecule is Cc1cccn2c(/C=C(/C#N)C(=O)NC3CCCCC3)c(-c3ccccc3)nc12. The van der Waals surface area contributed by atoms with Crippen LogP contribution >= 0.6 is 0 Å². The highest BCUT2D eigenvalue weighted by molar-refractivity contribution is 6.02. The Kier molecular flexibility index (Phi) is 5.44.